The van der Waals surface area contributed by atoms with Gasteiger partial charge in [0, 0.05) is 30.7 Å². The standard InChI is InChI=1S/C15H21N5O2S/c1-11(2)20-9-12(7-17-20)14(21)16-8-13-10-23-15(18-13)19-3-5-22-6-4-19/h7,9-11H,3-6,8H2,1-2H3,(H,16,21). The lowest BCUT2D eigenvalue weighted by Gasteiger charge is -2.26. The van der Waals surface area contributed by atoms with Gasteiger partial charge in [-0.1, -0.05) is 0 Å². The largest absolute Gasteiger partial charge is 0.378 e. The zero-order valence-corrected chi connectivity index (χ0v) is 14.2. The predicted octanol–water partition coefficient (Wildman–Crippen LogP) is 1.69. The van der Waals surface area contributed by atoms with Gasteiger partial charge in [0.25, 0.3) is 5.91 Å². The molecule has 0 aromatic carbocycles. The first-order chi connectivity index (χ1) is 11.1. The molecule has 1 amide bonds. The number of anilines is 1. The number of hydrogen-bond donors (Lipinski definition) is 1. The van der Waals surface area contributed by atoms with Crippen molar-refractivity contribution in [3.8, 4) is 0 Å². The van der Waals surface area contributed by atoms with Crippen molar-refractivity contribution in [1.82, 2.24) is 20.1 Å². The fraction of sp³-hybridized carbons (Fsp3) is 0.533. The molecule has 1 N–H and O–H groups in total. The molecule has 0 spiro atoms. The molecule has 1 aliphatic rings. The summed E-state index contributed by atoms with van der Waals surface area (Å²) in [7, 11) is 0. The number of ether oxygens (including phenoxy) is 1. The third-order valence-corrected chi connectivity index (χ3v) is 4.59. The molecule has 0 unspecified atom stereocenters. The second-order valence-electron chi connectivity index (χ2n) is 5.71. The molecule has 1 saturated heterocycles. The van der Waals surface area contributed by atoms with Crippen molar-refractivity contribution in [2.75, 3.05) is 31.2 Å². The summed E-state index contributed by atoms with van der Waals surface area (Å²) >= 11 is 1.60. The van der Waals surface area contributed by atoms with Crippen LogP contribution in [0.5, 0.6) is 0 Å². The summed E-state index contributed by atoms with van der Waals surface area (Å²) in [5.41, 5.74) is 1.45. The summed E-state index contributed by atoms with van der Waals surface area (Å²) in [6, 6.07) is 0.242. The van der Waals surface area contributed by atoms with Gasteiger partial charge in [0.1, 0.15) is 0 Å². The summed E-state index contributed by atoms with van der Waals surface area (Å²) in [5.74, 6) is -0.127. The van der Waals surface area contributed by atoms with Crippen molar-refractivity contribution in [2.24, 2.45) is 0 Å². The summed E-state index contributed by atoms with van der Waals surface area (Å²) in [6.45, 7) is 7.69. The van der Waals surface area contributed by atoms with Crippen molar-refractivity contribution < 1.29 is 9.53 Å². The van der Waals surface area contributed by atoms with Gasteiger partial charge in [0.15, 0.2) is 5.13 Å². The Kier molecular flexibility index (Phi) is 4.92. The van der Waals surface area contributed by atoms with Crippen LogP contribution in [0.1, 0.15) is 35.9 Å². The molecule has 0 atom stereocenters. The molecule has 7 nitrogen and oxygen atoms in total. The molecule has 2 aromatic rings. The van der Waals surface area contributed by atoms with Gasteiger partial charge < -0.3 is 15.0 Å². The fourth-order valence-corrected chi connectivity index (χ4v) is 3.17. The fourth-order valence-electron chi connectivity index (χ4n) is 2.29. The molecule has 1 fully saturated rings. The maximum Gasteiger partial charge on any atom is 0.254 e. The number of amides is 1. The van der Waals surface area contributed by atoms with Crippen LogP contribution >= 0.6 is 11.3 Å². The van der Waals surface area contributed by atoms with Crippen LogP contribution in [-0.4, -0.2) is 47.0 Å². The summed E-state index contributed by atoms with van der Waals surface area (Å²) in [6.07, 6.45) is 3.36. The van der Waals surface area contributed by atoms with Crippen LogP contribution in [0.3, 0.4) is 0 Å². The van der Waals surface area contributed by atoms with Crippen LogP contribution in [0, 0.1) is 0 Å². The van der Waals surface area contributed by atoms with Gasteiger partial charge in [0.05, 0.1) is 37.2 Å². The molecule has 0 saturated carbocycles. The zero-order valence-electron chi connectivity index (χ0n) is 13.4. The lowest BCUT2D eigenvalue weighted by atomic mass is 10.3. The van der Waals surface area contributed by atoms with E-state index in [0.29, 0.717) is 12.1 Å². The molecule has 124 valence electrons. The predicted molar refractivity (Wildman–Crippen MR) is 88.9 cm³/mol. The van der Waals surface area contributed by atoms with Gasteiger partial charge in [-0.2, -0.15) is 5.10 Å². The molecule has 0 aliphatic carbocycles. The Morgan fingerprint density at radius 1 is 1.43 bits per heavy atom. The quantitative estimate of drug-likeness (QED) is 0.900. The third kappa shape index (κ3) is 3.89. The molecule has 0 radical (unpaired) electrons. The van der Waals surface area contributed by atoms with Crippen LogP contribution in [0.15, 0.2) is 17.8 Å². The number of nitrogens with one attached hydrogen (secondary N) is 1. The number of nitrogens with zero attached hydrogens (tertiary/aromatic N) is 4. The average molecular weight is 335 g/mol. The molecule has 2 aromatic heterocycles. The average Bonchev–Trinajstić information content (AvgIpc) is 3.23. The Hall–Kier alpha value is -1.93. The van der Waals surface area contributed by atoms with E-state index < -0.39 is 0 Å². The molecule has 3 rings (SSSR count). The maximum atomic E-state index is 12.1. The Morgan fingerprint density at radius 3 is 2.91 bits per heavy atom. The van der Waals surface area contributed by atoms with E-state index in [1.807, 2.05) is 19.2 Å². The van der Waals surface area contributed by atoms with Crippen molar-refractivity contribution in [2.45, 2.75) is 26.4 Å². The van der Waals surface area contributed by atoms with Crippen LogP contribution < -0.4 is 10.2 Å². The number of carbonyl (C=O) groups is 1. The molecule has 1 aliphatic heterocycles. The van der Waals surface area contributed by atoms with E-state index >= 15 is 0 Å². The Morgan fingerprint density at radius 2 is 2.22 bits per heavy atom. The lowest BCUT2D eigenvalue weighted by molar-refractivity contribution is 0.0950. The van der Waals surface area contributed by atoms with Gasteiger partial charge in [-0.15, -0.1) is 11.3 Å². The van der Waals surface area contributed by atoms with Gasteiger partial charge in [-0.25, -0.2) is 4.98 Å². The first-order valence-corrected chi connectivity index (χ1v) is 8.61. The summed E-state index contributed by atoms with van der Waals surface area (Å²) < 4.78 is 7.12. The number of aromatic nitrogens is 3. The van der Waals surface area contributed by atoms with Crippen molar-refractivity contribution in [1.29, 1.82) is 0 Å². The van der Waals surface area contributed by atoms with Crippen LogP contribution in [0.25, 0.3) is 0 Å². The number of thiazole rings is 1. The minimum absolute atomic E-state index is 0.127. The van der Waals surface area contributed by atoms with E-state index in [1.165, 1.54) is 0 Å². The number of rotatable bonds is 5. The molecule has 23 heavy (non-hydrogen) atoms. The normalized spacial score (nSPS) is 15.2. The molecule has 3 heterocycles. The Balaban J connectivity index is 1.55. The van der Waals surface area contributed by atoms with Gasteiger partial charge in [-0.3, -0.25) is 9.48 Å². The van der Waals surface area contributed by atoms with Crippen molar-refractivity contribution in [3.05, 3.63) is 29.0 Å². The van der Waals surface area contributed by atoms with Crippen LogP contribution in [0.2, 0.25) is 0 Å². The Bertz CT molecular complexity index is 660. The van der Waals surface area contributed by atoms with Crippen molar-refractivity contribution >= 4 is 22.4 Å². The minimum Gasteiger partial charge on any atom is -0.378 e. The highest BCUT2D eigenvalue weighted by Crippen LogP contribution is 2.21. The number of hydrogen-bond acceptors (Lipinski definition) is 6. The van der Waals surface area contributed by atoms with Gasteiger partial charge in [-0.05, 0) is 13.8 Å². The van der Waals surface area contributed by atoms with Gasteiger partial charge >= 0.3 is 0 Å². The second kappa shape index (κ2) is 7.10. The first-order valence-electron chi connectivity index (χ1n) is 7.73. The third-order valence-electron chi connectivity index (χ3n) is 3.64. The molecule has 0 bridgehead atoms. The lowest BCUT2D eigenvalue weighted by Crippen LogP contribution is -2.36. The van der Waals surface area contributed by atoms with Crippen LogP contribution in [0.4, 0.5) is 5.13 Å². The molecule has 8 heteroatoms. The molecular weight excluding hydrogens is 314 g/mol. The first kappa shape index (κ1) is 15.9. The second-order valence-corrected chi connectivity index (χ2v) is 6.54. The van der Waals surface area contributed by atoms with E-state index in [2.05, 4.69) is 20.3 Å². The summed E-state index contributed by atoms with van der Waals surface area (Å²) in [5, 5.41) is 10.1. The highest BCUT2D eigenvalue weighted by Gasteiger charge is 2.15. The maximum absolute atomic E-state index is 12.1. The number of carbonyl (C=O) groups excluding carboxylic acids is 1. The highest BCUT2D eigenvalue weighted by atomic mass is 32.1. The number of morpholine rings is 1. The monoisotopic (exact) mass is 335 g/mol. The van der Waals surface area contributed by atoms with E-state index in [4.69, 9.17) is 4.74 Å². The zero-order chi connectivity index (χ0) is 16.2. The van der Waals surface area contributed by atoms with E-state index in [-0.39, 0.29) is 11.9 Å². The van der Waals surface area contributed by atoms with E-state index in [9.17, 15) is 4.79 Å². The smallest absolute Gasteiger partial charge is 0.254 e. The topological polar surface area (TPSA) is 72.3 Å². The van der Waals surface area contributed by atoms with E-state index in [1.54, 1.807) is 28.4 Å². The molecular formula is C15H21N5O2S. The van der Waals surface area contributed by atoms with Crippen LogP contribution in [-0.2, 0) is 11.3 Å². The van der Waals surface area contributed by atoms with E-state index in [0.717, 1.165) is 37.1 Å². The Labute approximate surface area is 139 Å². The van der Waals surface area contributed by atoms with Gasteiger partial charge in [0.2, 0.25) is 0 Å². The highest BCUT2D eigenvalue weighted by molar-refractivity contribution is 7.13. The minimum atomic E-state index is -0.127. The summed E-state index contributed by atoms with van der Waals surface area (Å²) in [4.78, 5) is 18.9. The van der Waals surface area contributed by atoms with Crippen molar-refractivity contribution in [3.63, 3.8) is 0 Å². The SMILES string of the molecule is CC(C)n1cc(C(=O)NCc2csc(N3CCOCC3)n2)cn1.